The van der Waals surface area contributed by atoms with Crippen molar-refractivity contribution in [2.24, 2.45) is 0 Å². The van der Waals surface area contributed by atoms with Crippen LogP contribution >= 0.6 is 22.7 Å². The zero-order chi connectivity index (χ0) is 20.4. The lowest BCUT2D eigenvalue weighted by molar-refractivity contribution is -0.118. The number of aryl methyl sites for hydroxylation is 1. The molecule has 9 heteroatoms. The van der Waals surface area contributed by atoms with Gasteiger partial charge in [0.2, 0.25) is 6.41 Å². The van der Waals surface area contributed by atoms with Gasteiger partial charge in [0.1, 0.15) is 17.0 Å². The van der Waals surface area contributed by atoms with Gasteiger partial charge in [0.15, 0.2) is 0 Å². The van der Waals surface area contributed by atoms with Crippen LogP contribution in [0, 0.1) is 6.92 Å². The van der Waals surface area contributed by atoms with E-state index < -0.39 is 0 Å². The van der Waals surface area contributed by atoms with Gasteiger partial charge in [-0.2, -0.15) is 0 Å². The predicted octanol–water partition coefficient (Wildman–Crippen LogP) is 3.54. The normalized spacial score (nSPS) is 15.9. The first-order valence-corrected chi connectivity index (χ1v) is 11.3. The summed E-state index contributed by atoms with van der Waals surface area (Å²) >= 11 is 3.11. The first kappa shape index (κ1) is 19.8. The Balaban J connectivity index is 1.62. The summed E-state index contributed by atoms with van der Waals surface area (Å²) in [5.41, 5.74) is 0.910. The van der Waals surface area contributed by atoms with Crippen molar-refractivity contribution in [3.8, 4) is 0 Å². The van der Waals surface area contributed by atoms with Gasteiger partial charge in [-0.05, 0) is 37.3 Å². The van der Waals surface area contributed by atoms with Gasteiger partial charge >= 0.3 is 0 Å². The van der Waals surface area contributed by atoms with Crippen LogP contribution in [0.3, 0.4) is 0 Å². The summed E-state index contributed by atoms with van der Waals surface area (Å²) in [6, 6.07) is 4.25. The molecular weight excluding hydrogens is 406 g/mol. The molecule has 0 radical (unpaired) electrons. The molecule has 0 bridgehead atoms. The average molecular weight is 430 g/mol. The van der Waals surface area contributed by atoms with E-state index in [1.54, 1.807) is 22.6 Å². The number of nitrogens with one attached hydrogen (secondary N) is 1. The summed E-state index contributed by atoms with van der Waals surface area (Å²) < 4.78 is 0. The smallest absolute Gasteiger partial charge is 0.264 e. The van der Waals surface area contributed by atoms with Crippen LogP contribution in [-0.2, 0) is 4.79 Å². The van der Waals surface area contributed by atoms with E-state index in [1.165, 1.54) is 16.2 Å². The van der Waals surface area contributed by atoms with E-state index in [0.717, 1.165) is 34.4 Å². The number of amides is 2. The Morgan fingerprint density at radius 3 is 2.90 bits per heavy atom. The maximum Gasteiger partial charge on any atom is 0.264 e. The standard InChI is InChI=1S/C20H23N5O2S2/c1-13-16-18(23-14(2)15-5-3-10-28-15)21-11-22-19(16)29-17(13)20(27)25-7-4-6-24(12-26)8-9-25/h3,5,10-12,14H,4,6-9H2,1-2H3,(H,21,22,23). The molecule has 1 N–H and O–H groups in total. The molecule has 152 valence electrons. The van der Waals surface area contributed by atoms with E-state index in [-0.39, 0.29) is 11.9 Å². The lowest BCUT2D eigenvalue weighted by atomic mass is 10.1. The minimum Gasteiger partial charge on any atom is -0.362 e. The Hall–Kier alpha value is -2.52. The van der Waals surface area contributed by atoms with E-state index in [2.05, 4.69) is 33.7 Å². The largest absolute Gasteiger partial charge is 0.362 e. The molecule has 4 heterocycles. The number of hydrogen-bond acceptors (Lipinski definition) is 7. The lowest BCUT2D eigenvalue weighted by Gasteiger charge is -2.20. The van der Waals surface area contributed by atoms with Crippen LogP contribution in [0.2, 0.25) is 0 Å². The van der Waals surface area contributed by atoms with E-state index in [0.29, 0.717) is 31.1 Å². The Bertz CT molecular complexity index is 1020. The zero-order valence-corrected chi connectivity index (χ0v) is 18.1. The molecule has 0 aromatic carbocycles. The molecule has 7 nitrogen and oxygen atoms in total. The quantitative estimate of drug-likeness (QED) is 0.628. The van der Waals surface area contributed by atoms with Gasteiger partial charge in [-0.1, -0.05) is 6.07 Å². The first-order chi connectivity index (χ1) is 14.1. The van der Waals surface area contributed by atoms with Gasteiger partial charge in [0, 0.05) is 31.1 Å². The van der Waals surface area contributed by atoms with Gasteiger partial charge < -0.3 is 15.1 Å². The Morgan fingerprint density at radius 2 is 2.14 bits per heavy atom. The number of carbonyl (C=O) groups is 2. The van der Waals surface area contributed by atoms with Crippen LogP contribution in [0.5, 0.6) is 0 Å². The molecule has 1 unspecified atom stereocenters. The van der Waals surface area contributed by atoms with Gasteiger partial charge in [-0.3, -0.25) is 9.59 Å². The highest BCUT2D eigenvalue weighted by Gasteiger charge is 2.25. The van der Waals surface area contributed by atoms with Crippen molar-refractivity contribution in [3.05, 3.63) is 39.2 Å². The maximum atomic E-state index is 13.2. The lowest BCUT2D eigenvalue weighted by Crippen LogP contribution is -2.34. The fourth-order valence-corrected chi connectivity index (χ4v) is 5.44. The number of anilines is 1. The second-order valence-electron chi connectivity index (χ2n) is 7.13. The van der Waals surface area contributed by atoms with E-state index in [4.69, 9.17) is 0 Å². The summed E-state index contributed by atoms with van der Waals surface area (Å²) in [5, 5.41) is 6.45. The van der Waals surface area contributed by atoms with Crippen molar-refractivity contribution in [1.82, 2.24) is 19.8 Å². The van der Waals surface area contributed by atoms with Gasteiger partial charge in [-0.25, -0.2) is 9.97 Å². The molecule has 0 aliphatic carbocycles. The first-order valence-electron chi connectivity index (χ1n) is 9.61. The van der Waals surface area contributed by atoms with Gasteiger partial charge in [0.05, 0.1) is 16.3 Å². The number of nitrogens with zero attached hydrogens (tertiary/aromatic N) is 4. The maximum absolute atomic E-state index is 13.2. The minimum atomic E-state index is 0.00973. The summed E-state index contributed by atoms with van der Waals surface area (Å²) in [6.45, 7) is 6.54. The molecule has 29 heavy (non-hydrogen) atoms. The number of thiophene rings is 2. The molecule has 0 spiro atoms. The predicted molar refractivity (Wildman–Crippen MR) is 117 cm³/mol. The van der Waals surface area contributed by atoms with Crippen molar-refractivity contribution >= 4 is 51.0 Å². The SMILES string of the molecule is Cc1c(C(=O)N2CCCN(C=O)CC2)sc2ncnc(NC(C)c3cccs3)c12. The highest BCUT2D eigenvalue weighted by Crippen LogP contribution is 2.35. The molecule has 3 aromatic heterocycles. The molecule has 1 aliphatic heterocycles. The Labute approximate surface area is 177 Å². The van der Waals surface area contributed by atoms with Crippen molar-refractivity contribution in [3.63, 3.8) is 0 Å². The minimum absolute atomic E-state index is 0.00973. The van der Waals surface area contributed by atoms with Crippen molar-refractivity contribution in [2.75, 3.05) is 31.5 Å². The number of hydrogen-bond donors (Lipinski definition) is 1. The molecule has 2 amide bonds. The number of fused-ring (bicyclic) bond motifs is 1. The van der Waals surface area contributed by atoms with Crippen molar-refractivity contribution in [1.29, 1.82) is 0 Å². The Kier molecular flexibility index (Phi) is 5.77. The zero-order valence-electron chi connectivity index (χ0n) is 16.4. The van der Waals surface area contributed by atoms with Crippen LogP contribution in [0.15, 0.2) is 23.8 Å². The molecule has 4 rings (SSSR count). The topological polar surface area (TPSA) is 78.4 Å². The summed E-state index contributed by atoms with van der Waals surface area (Å²) in [5.74, 6) is 0.766. The molecule has 3 aromatic rings. The Morgan fingerprint density at radius 1 is 1.28 bits per heavy atom. The fraction of sp³-hybridized carbons (Fsp3) is 0.400. The molecule has 1 aliphatic rings. The summed E-state index contributed by atoms with van der Waals surface area (Å²) in [7, 11) is 0. The number of aromatic nitrogens is 2. The van der Waals surface area contributed by atoms with E-state index >= 15 is 0 Å². The summed E-state index contributed by atoms with van der Waals surface area (Å²) in [6.07, 6.45) is 3.20. The molecule has 1 fully saturated rings. The third kappa shape index (κ3) is 3.97. The second kappa shape index (κ2) is 8.46. The van der Waals surface area contributed by atoms with Crippen LogP contribution in [0.4, 0.5) is 5.82 Å². The average Bonchev–Trinajstić information content (AvgIpc) is 3.30. The monoisotopic (exact) mass is 429 g/mol. The summed E-state index contributed by atoms with van der Waals surface area (Å²) in [4.78, 5) is 39.4. The fourth-order valence-electron chi connectivity index (χ4n) is 3.59. The van der Waals surface area contributed by atoms with Crippen molar-refractivity contribution < 1.29 is 9.59 Å². The highest BCUT2D eigenvalue weighted by atomic mass is 32.1. The van der Waals surface area contributed by atoms with E-state index in [1.807, 2.05) is 17.9 Å². The number of rotatable bonds is 5. The van der Waals surface area contributed by atoms with Crippen LogP contribution < -0.4 is 5.32 Å². The molecular formula is C20H23N5O2S2. The van der Waals surface area contributed by atoms with Crippen molar-refractivity contribution in [2.45, 2.75) is 26.3 Å². The van der Waals surface area contributed by atoms with Crippen LogP contribution in [0.1, 0.15) is 39.5 Å². The highest BCUT2D eigenvalue weighted by molar-refractivity contribution is 7.20. The molecule has 1 saturated heterocycles. The number of carbonyl (C=O) groups excluding carboxylic acids is 2. The third-order valence-corrected chi connectivity index (χ3v) is 7.45. The second-order valence-corrected chi connectivity index (χ2v) is 9.11. The molecule has 1 atom stereocenters. The van der Waals surface area contributed by atoms with E-state index in [9.17, 15) is 9.59 Å². The third-order valence-electron chi connectivity index (χ3n) is 5.21. The van der Waals surface area contributed by atoms with Gasteiger partial charge in [-0.15, -0.1) is 22.7 Å². The van der Waals surface area contributed by atoms with Gasteiger partial charge in [0.25, 0.3) is 5.91 Å². The molecule has 0 saturated carbocycles. The van der Waals surface area contributed by atoms with Crippen LogP contribution in [-0.4, -0.2) is 58.3 Å². The van der Waals surface area contributed by atoms with Crippen LogP contribution in [0.25, 0.3) is 10.2 Å².